The number of benzene rings is 2. The number of hydrogen-bond acceptors (Lipinski definition) is 6. The molecular formula is C27H32ClFN4O3S. The minimum atomic E-state index is -1.08. The number of pyridine rings is 1. The molecule has 3 aromatic rings. The van der Waals surface area contributed by atoms with E-state index < -0.39 is 10.8 Å². The number of halogens is 2. The molecule has 0 saturated carbocycles. The fourth-order valence-corrected chi connectivity index (χ4v) is 4.02. The Balaban J connectivity index is 0.000000341. The number of aromatic nitrogens is 1. The highest BCUT2D eigenvalue weighted by atomic mass is 35.5. The summed E-state index contributed by atoms with van der Waals surface area (Å²) in [6.45, 7) is 9.59. The van der Waals surface area contributed by atoms with Crippen molar-refractivity contribution in [2.24, 2.45) is 10.7 Å². The molecule has 0 aliphatic heterocycles. The van der Waals surface area contributed by atoms with Gasteiger partial charge in [-0.2, -0.15) is 0 Å². The van der Waals surface area contributed by atoms with Crippen LogP contribution in [0.4, 0.5) is 4.39 Å². The maximum atomic E-state index is 14.1. The van der Waals surface area contributed by atoms with Gasteiger partial charge in [0, 0.05) is 40.7 Å². The Morgan fingerprint density at radius 1 is 1.22 bits per heavy atom. The van der Waals surface area contributed by atoms with Gasteiger partial charge < -0.3 is 15.8 Å². The summed E-state index contributed by atoms with van der Waals surface area (Å²) in [6, 6.07) is 9.94. The van der Waals surface area contributed by atoms with Gasteiger partial charge in [-0.25, -0.2) is 4.39 Å². The highest BCUT2D eigenvalue weighted by molar-refractivity contribution is 7.85. The van der Waals surface area contributed by atoms with Crippen molar-refractivity contribution in [2.75, 3.05) is 5.75 Å². The van der Waals surface area contributed by atoms with E-state index in [9.17, 15) is 13.4 Å². The zero-order valence-corrected chi connectivity index (χ0v) is 23.1. The first-order valence-electron chi connectivity index (χ1n) is 11.6. The van der Waals surface area contributed by atoms with E-state index in [2.05, 4.69) is 15.3 Å². The Morgan fingerprint density at radius 3 is 2.54 bits per heavy atom. The topological polar surface area (TPSA) is 107 Å². The molecular weight excluding hydrogens is 515 g/mol. The molecule has 0 spiro atoms. The van der Waals surface area contributed by atoms with Crippen LogP contribution in [0.5, 0.6) is 11.5 Å². The molecule has 1 unspecified atom stereocenters. The number of aryl methyl sites for hydroxylation is 1. The maximum absolute atomic E-state index is 14.1. The third-order valence-corrected chi connectivity index (χ3v) is 6.50. The number of rotatable bonds is 8. The summed E-state index contributed by atoms with van der Waals surface area (Å²) in [6.07, 6.45) is 5.56. The van der Waals surface area contributed by atoms with Crippen molar-refractivity contribution in [1.82, 2.24) is 10.3 Å². The van der Waals surface area contributed by atoms with Crippen LogP contribution in [0.3, 0.4) is 0 Å². The smallest absolute Gasteiger partial charge is 0.211 e. The summed E-state index contributed by atoms with van der Waals surface area (Å²) >= 11 is 6.23. The molecule has 1 atom stereocenters. The number of nitrogens with two attached hydrogens (primary N) is 1. The van der Waals surface area contributed by atoms with E-state index >= 15 is 0 Å². The first-order valence-corrected chi connectivity index (χ1v) is 13.3. The van der Waals surface area contributed by atoms with Crippen LogP contribution in [-0.4, -0.2) is 33.1 Å². The predicted octanol–water partition coefficient (Wildman–Crippen LogP) is 5.91. The van der Waals surface area contributed by atoms with Crippen LogP contribution in [0.2, 0.25) is 5.02 Å². The summed E-state index contributed by atoms with van der Waals surface area (Å²) in [5.74, 6) is 0.904. The number of carbonyl (C=O) groups excluding carboxylic acids is 1. The molecule has 0 saturated heterocycles. The van der Waals surface area contributed by atoms with Gasteiger partial charge in [0.2, 0.25) is 6.41 Å². The van der Waals surface area contributed by atoms with E-state index in [-0.39, 0.29) is 17.1 Å². The van der Waals surface area contributed by atoms with Gasteiger partial charge in [0.05, 0.1) is 32.6 Å². The van der Waals surface area contributed by atoms with Crippen LogP contribution in [-0.2, 0) is 22.0 Å². The fraction of sp³-hybridized carbons (Fsp3) is 0.296. The van der Waals surface area contributed by atoms with Gasteiger partial charge in [-0.3, -0.25) is 19.0 Å². The second kappa shape index (κ2) is 13.9. The van der Waals surface area contributed by atoms with Gasteiger partial charge in [-0.1, -0.05) is 25.4 Å². The quantitative estimate of drug-likeness (QED) is 0.270. The zero-order valence-electron chi connectivity index (χ0n) is 21.5. The molecule has 2 aromatic carbocycles. The van der Waals surface area contributed by atoms with Crippen LogP contribution < -0.4 is 15.8 Å². The Labute approximate surface area is 224 Å². The average Bonchev–Trinajstić information content (AvgIpc) is 2.87. The third kappa shape index (κ3) is 8.94. The van der Waals surface area contributed by atoms with Crippen LogP contribution in [0.25, 0.3) is 10.9 Å². The molecule has 0 fully saturated rings. The summed E-state index contributed by atoms with van der Waals surface area (Å²) in [5, 5.41) is 3.46. The van der Waals surface area contributed by atoms with Crippen LogP contribution in [0.1, 0.15) is 40.2 Å². The molecule has 198 valence electrons. The second-order valence-corrected chi connectivity index (χ2v) is 10.9. The van der Waals surface area contributed by atoms with Gasteiger partial charge >= 0.3 is 0 Å². The third-order valence-electron chi connectivity index (χ3n) is 4.90. The highest BCUT2D eigenvalue weighted by Gasteiger charge is 2.13. The first kappa shape index (κ1) is 29.9. The Bertz CT molecular complexity index is 1320. The van der Waals surface area contributed by atoms with Gasteiger partial charge in [0.1, 0.15) is 17.3 Å². The summed E-state index contributed by atoms with van der Waals surface area (Å²) < 4.78 is 32.0. The van der Waals surface area contributed by atoms with Crippen molar-refractivity contribution in [2.45, 2.75) is 51.5 Å². The molecule has 1 aromatic heterocycles. The van der Waals surface area contributed by atoms with Gasteiger partial charge in [0.25, 0.3) is 0 Å². The van der Waals surface area contributed by atoms with Crippen molar-refractivity contribution >= 4 is 45.9 Å². The number of nitrogens with one attached hydrogen (secondary N) is 1. The van der Waals surface area contributed by atoms with Crippen molar-refractivity contribution in [1.29, 1.82) is 0 Å². The average molecular weight is 547 g/mol. The van der Waals surface area contributed by atoms with E-state index in [4.69, 9.17) is 22.1 Å². The van der Waals surface area contributed by atoms with Crippen molar-refractivity contribution in [3.63, 3.8) is 0 Å². The van der Waals surface area contributed by atoms with E-state index in [0.29, 0.717) is 56.4 Å². The van der Waals surface area contributed by atoms with Crippen molar-refractivity contribution in [3.05, 3.63) is 70.9 Å². The monoisotopic (exact) mass is 546 g/mol. The molecule has 0 radical (unpaired) electrons. The number of hydrogen-bond donors (Lipinski definition) is 2. The Hall–Kier alpha value is -3.30. The van der Waals surface area contributed by atoms with Gasteiger partial charge in [0.15, 0.2) is 0 Å². The van der Waals surface area contributed by atoms with Crippen molar-refractivity contribution in [3.8, 4) is 11.5 Å². The largest absolute Gasteiger partial charge is 0.455 e. The minimum Gasteiger partial charge on any atom is -0.455 e. The van der Waals surface area contributed by atoms with Gasteiger partial charge in [-0.05, 0) is 63.1 Å². The fourth-order valence-electron chi connectivity index (χ4n) is 2.99. The molecule has 1 amide bonds. The van der Waals surface area contributed by atoms with Crippen LogP contribution in [0, 0.1) is 5.82 Å². The summed E-state index contributed by atoms with van der Waals surface area (Å²) in [4.78, 5) is 19.2. The number of fused-ring (bicyclic) bond motifs is 1. The normalized spacial score (nSPS) is 12.7. The number of nitrogens with zero attached hydrogens (tertiary/aromatic N) is 2. The minimum absolute atomic E-state index is 0.154. The highest BCUT2D eigenvalue weighted by Crippen LogP contribution is 2.35. The van der Waals surface area contributed by atoms with Crippen LogP contribution in [0.15, 0.2) is 64.4 Å². The predicted molar refractivity (Wildman–Crippen MR) is 149 cm³/mol. The maximum Gasteiger partial charge on any atom is 0.211 e. The molecule has 7 nitrogen and oxygen atoms in total. The van der Waals surface area contributed by atoms with E-state index in [1.54, 1.807) is 36.5 Å². The number of aliphatic imine (C=N–C) groups is 1. The molecule has 10 heteroatoms. The second-order valence-electron chi connectivity index (χ2n) is 8.77. The Morgan fingerprint density at radius 2 is 1.95 bits per heavy atom. The molecule has 3 N–H and O–H groups in total. The SMILES string of the molecule is CC(C)(C)N=C/C(=C\N)NC=O.CCc1cc(Cl)c(Oc2ccnc3ccc(S(=O)CC)cc23)cc1F. The first-order chi connectivity index (χ1) is 17.5. The molecule has 1 heterocycles. The number of allylic oxidation sites excluding steroid dienone is 1. The molecule has 0 aliphatic carbocycles. The molecule has 3 rings (SSSR count). The summed E-state index contributed by atoms with van der Waals surface area (Å²) in [5.41, 5.74) is 6.80. The van der Waals surface area contributed by atoms with E-state index in [1.165, 1.54) is 18.5 Å². The van der Waals surface area contributed by atoms with E-state index in [1.807, 2.05) is 34.6 Å². The lowest BCUT2D eigenvalue weighted by Gasteiger charge is -2.12. The van der Waals surface area contributed by atoms with E-state index in [0.717, 1.165) is 0 Å². The van der Waals surface area contributed by atoms with Crippen LogP contribution >= 0.6 is 11.6 Å². The number of carbonyl (C=O) groups is 1. The lowest BCUT2D eigenvalue weighted by Crippen LogP contribution is -2.16. The Kier molecular flexibility index (Phi) is 11.2. The zero-order chi connectivity index (χ0) is 27.6. The lowest BCUT2D eigenvalue weighted by atomic mass is 10.1. The van der Waals surface area contributed by atoms with Gasteiger partial charge in [-0.15, -0.1) is 0 Å². The summed E-state index contributed by atoms with van der Waals surface area (Å²) in [7, 11) is -1.08. The number of amides is 1. The number of ether oxygens (including phenoxy) is 1. The van der Waals surface area contributed by atoms with Crippen molar-refractivity contribution < 1.29 is 18.1 Å². The molecule has 0 bridgehead atoms. The lowest BCUT2D eigenvalue weighted by molar-refractivity contribution is -0.108. The standard InChI is InChI=1S/C19H17ClFNO2S.C8H15N3O/c1-3-12-9-15(20)19(11-16(12)21)24-18-7-8-22-17-6-5-13(10-14(17)18)25(23)4-2;1-8(2,3)11-5-7(4-9)10-6-12/h5-11H,3-4H2,1-2H3;4-6H,9H2,1-3H3,(H,10,12)/b;7-4+,11-5?. The molecule has 37 heavy (non-hydrogen) atoms. The molecule has 0 aliphatic rings.